The molecule has 0 amide bonds. The highest BCUT2D eigenvalue weighted by Gasteiger charge is 1.93. The van der Waals surface area contributed by atoms with Gasteiger partial charge in [0.05, 0.1) is 0 Å². The summed E-state index contributed by atoms with van der Waals surface area (Å²) in [5.41, 5.74) is 1.35. The van der Waals surface area contributed by atoms with Gasteiger partial charge < -0.3 is 5.32 Å². The van der Waals surface area contributed by atoms with Crippen LogP contribution in [0.2, 0.25) is 0 Å². The second-order valence-corrected chi connectivity index (χ2v) is 3.82. The third-order valence-electron chi connectivity index (χ3n) is 1.59. The predicted molar refractivity (Wildman–Crippen MR) is 55.0 cm³/mol. The van der Waals surface area contributed by atoms with Crippen LogP contribution in [0.3, 0.4) is 0 Å². The van der Waals surface area contributed by atoms with Gasteiger partial charge >= 0.3 is 0 Å². The Morgan fingerprint density at radius 3 is 2.58 bits per heavy atom. The molecule has 0 aliphatic carbocycles. The second-order valence-electron chi connectivity index (χ2n) is 2.70. The summed E-state index contributed by atoms with van der Waals surface area (Å²) < 4.78 is 1.04. The summed E-state index contributed by atoms with van der Waals surface area (Å²) in [7, 11) is 0. The summed E-state index contributed by atoms with van der Waals surface area (Å²) >= 11 is 3.32. The van der Waals surface area contributed by atoms with Gasteiger partial charge in [0.25, 0.3) is 0 Å². The van der Waals surface area contributed by atoms with Crippen LogP contribution in [-0.4, -0.2) is 6.54 Å². The van der Waals surface area contributed by atoms with E-state index in [-0.39, 0.29) is 0 Å². The predicted octanol–water partition coefficient (Wildman–Crippen LogP) is 1.66. The quantitative estimate of drug-likeness (QED) is 0.805. The number of quaternary nitrogens is 1. The highest BCUT2D eigenvalue weighted by atomic mass is 79.9. The van der Waals surface area contributed by atoms with Gasteiger partial charge in [0, 0.05) is 10.0 Å². The maximum Gasteiger partial charge on any atom is 0.107 e. The Morgan fingerprint density at radius 2 is 2.00 bits per heavy atom. The van der Waals surface area contributed by atoms with Crippen molar-refractivity contribution >= 4 is 15.9 Å². The van der Waals surface area contributed by atoms with Gasteiger partial charge in [-0.3, -0.25) is 0 Å². The molecule has 0 bridgehead atoms. The van der Waals surface area contributed by atoms with Crippen molar-refractivity contribution in [2.45, 2.75) is 6.54 Å². The van der Waals surface area contributed by atoms with E-state index in [1.54, 1.807) is 0 Å². The zero-order valence-corrected chi connectivity index (χ0v) is 8.55. The van der Waals surface area contributed by atoms with Crippen molar-refractivity contribution in [3.05, 3.63) is 47.0 Å². The smallest absolute Gasteiger partial charge is 0.107 e. The van der Waals surface area contributed by atoms with E-state index >= 15 is 0 Å². The summed E-state index contributed by atoms with van der Waals surface area (Å²) in [4.78, 5) is 0. The van der Waals surface area contributed by atoms with Gasteiger partial charge in [0.1, 0.15) is 13.1 Å². The van der Waals surface area contributed by atoms with Crippen LogP contribution in [0.1, 0.15) is 5.56 Å². The minimum atomic E-state index is 0.939. The molecule has 0 saturated heterocycles. The fourth-order valence-corrected chi connectivity index (χ4v) is 1.24. The molecule has 0 aliphatic rings. The molecule has 0 fully saturated rings. The van der Waals surface area contributed by atoms with Gasteiger partial charge in [0.15, 0.2) is 0 Å². The topological polar surface area (TPSA) is 16.6 Å². The number of benzene rings is 1. The fourth-order valence-electron chi connectivity index (χ4n) is 1.01. The van der Waals surface area contributed by atoms with E-state index in [0.717, 1.165) is 17.6 Å². The van der Waals surface area contributed by atoms with Crippen LogP contribution in [0.5, 0.6) is 0 Å². The SMILES string of the molecule is C=C(Br)C[NH2+]Cc1ccccc1. The van der Waals surface area contributed by atoms with Crippen molar-refractivity contribution in [3.8, 4) is 0 Å². The molecule has 1 rings (SSSR count). The molecule has 0 spiro atoms. The molecule has 0 heterocycles. The van der Waals surface area contributed by atoms with Crippen molar-refractivity contribution in [2.75, 3.05) is 6.54 Å². The third kappa shape index (κ3) is 3.69. The molecule has 64 valence electrons. The van der Waals surface area contributed by atoms with E-state index in [9.17, 15) is 0 Å². The molecule has 1 aromatic rings. The molecule has 0 aromatic heterocycles. The second kappa shape index (κ2) is 5.12. The Morgan fingerprint density at radius 1 is 1.33 bits per heavy atom. The van der Waals surface area contributed by atoms with Crippen LogP contribution in [0.4, 0.5) is 0 Å². The van der Waals surface area contributed by atoms with E-state index in [2.05, 4.69) is 52.1 Å². The Bertz CT molecular complexity index is 243. The van der Waals surface area contributed by atoms with Gasteiger partial charge in [-0.05, 0) is 0 Å². The maximum atomic E-state index is 3.77. The Balaban J connectivity index is 2.29. The normalized spacial score (nSPS) is 9.75. The molecule has 0 unspecified atom stereocenters. The summed E-state index contributed by atoms with van der Waals surface area (Å²) in [6.07, 6.45) is 0. The highest BCUT2D eigenvalue weighted by Crippen LogP contribution is 1.96. The molecule has 12 heavy (non-hydrogen) atoms. The standard InChI is InChI=1S/C10H12BrN/c1-9(11)7-12-8-10-5-3-2-4-6-10/h2-6,12H,1,7-8H2/p+1. The van der Waals surface area contributed by atoms with Crippen molar-refractivity contribution in [2.24, 2.45) is 0 Å². The maximum absolute atomic E-state index is 3.77. The van der Waals surface area contributed by atoms with Gasteiger partial charge in [0.2, 0.25) is 0 Å². The molecule has 2 N–H and O–H groups in total. The molecule has 1 aromatic carbocycles. The molecule has 0 atom stereocenters. The third-order valence-corrected chi connectivity index (χ3v) is 1.91. The van der Waals surface area contributed by atoms with Gasteiger partial charge in [-0.1, -0.05) is 52.8 Å². The molecule has 2 heteroatoms. The number of halogens is 1. The average molecular weight is 227 g/mol. The number of nitrogens with two attached hydrogens (primary N) is 1. The summed E-state index contributed by atoms with van der Waals surface area (Å²) in [5, 5.41) is 2.21. The molecular formula is C10H13BrN+. The minimum absolute atomic E-state index is 0.939. The highest BCUT2D eigenvalue weighted by molar-refractivity contribution is 9.11. The van der Waals surface area contributed by atoms with E-state index < -0.39 is 0 Å². The Labute approximate surface area is 81.6 Å². The van der Waals surface area contributed by atoms with Crippen molar-refractivity contribution in [3.63, 3.8) is 0 Å². The largest absolute Gasteiger partial charge is 0.338 e. The zero-order valence-electron chi connectivity index (χ0n) is 6.96. The molecule has 1 nitrogen and oxygen atoms in total. The van der Waals surface area contributed by atoms with Crippen molar-refractivity contribution < 1.29 is 5.32 Å². The van der Waals surface area contributed by atoms with Gasteiger partial charge in [-0.2, -0.15) is 0 Å². The van der Waals surface area contributed by atoms with Crippen molar-refractivity contribution in [1.29, 1.82) is 0 Å². The number of hydrogen-bond acceptors (Lipinski definition) is 0. The van der Waals surface area contributed by atoms with Crippen LogP contribution in [-0.2, 0) is 6.54 Å². The van der Waals surface area contributed by atoms with E-state index in [0.29, 0.717) is 0 Å². The average Bonchev–Trinajstić information content (AvgIpc) is 2.05. The Kier molecular flexibility index (Phi) is 4.05. The first-order chi connectivity index (χ1) is 5.79. The first-order valence-electron chi connectivity index (χ1n) is 3.98. The lowest BCUT2D eigenvalue weighted by molar-refractivity contribution is -0.662. The van der Waals surface area contributed by atoms with Crippen molar-refractivity contribution in [1.82, 2.24) is 0 Å². The lowest BCUT2D eigenvalue weighted by Gasteiger charge is -1.99. The fraction of sp³-hybridized carbons (Fsp3) is 0.200. The first kappa shape index (κ1) is 9.49. The van der Waals surface area contributed by atoms with Crippen LogP contribution >= 0.6 is 15.9 Å². The monoisotopic (exact) mass is 226 g/mol. The van der Waals surface area contributed by atoms with E-state index in [4.69, 9.17) is 0 Å². The molecule has 0 saturated carbocycles. The van der Waals surface area contributed by atoms with Gasteiger partial charge in [-0.15, -0.1) is 0 Å². The van der Waals surface area contributed by atoms with Crippen LogP contribution < -0.4 is 5.32 Å². The van der Waals surface area contributed by atoms with E-state index in [1.165, 1.54) is 5.56 Å². The van der Waals surface area contributed by atoms with Crippen LogP contribution in [0, 0.1) is 0 Å². The summed E-state index contributed by atoms with van der Waals surface area (Å²) in [6.45, 7) is 5.73. The van der Waals surface area contributed by atoms with Crippen LogP contribution in [0.25, 0.3) is 0 Å². The van der Waals surface area contributed by atoms with Crippen LogP contribution in [0.15, 0.2) is 41.4 Å². The molecule has 0 radical (unpaired) electrons. The lowest BCUT2D eigenvalue weighted by Crippen LogP contribution is -2.82. The first-order valence-corrected chi connectivity index (χ1v) is 4.77. The molecular weight excluding hydrogens is 214 g/mol. The lowest BCUT2D eigenvalue weighted by atomic mass is 10.2. The number of hydrogen-bond donors (Lipinski definition) is 1. The van der Waals surface area contributed by atoms with E-state index in [1.807, 2.05) is 6.07 Å². The minimum Gasteiger partial charge on any atom is -0.338 e. The summed E-state index contributed by atoms with van der Waals surface area (Å²) in [6, 6.07) is 10.4. The summed E-state index contributed by atoms with van der Waals surface area (Å²) in [5.74, 6) is 0. The van der Waals surface area contributed by atoms with Gasteiger partial charge in [-0.25, -0.2) is 0 Å². The molecule has 0 aliphatic heterocycles. The number of rotatable bonds is 4. The zero-order chi connectivity index (χ0) is 8.81. The Hall–Kier alpha value is -0.600.